The Balaban J connectivity index is 1.44. The van der Waals surface area contributed by atoms with Gasteiger partial charge in [-0.15, -0.1) is 0 Å². The first-order chi connectivity index (χ1) is 15.4. The summed E-state index contributed by atoms with van der Waals surface area (Å²) in [4.78, 5) is 10.4. The number of nitrogens with one attached hydrogen (secondary N) is 1. The second-order valence-corrected chi connectivity index (χ2v) is 8.09. The second kappa shape index (κ2) is 7.53. The Morgan fingerprint density at radius 2 is 1.62 bits per heavy atom. The largest absolute Gasteiger partial charge is 0.457 e. The zero-order chi connectivity index (χ0) is 22.4. The van der Waals surface area contributed by atoms with Crippen LogP contribution in [0.5, 0.6) is 11.5 Å². The van der Waals surface area contributed by atoms with Crippen molar-refractivity contribution in [1.82, 2.24) is 9.78 Å². The molecule has 1 aromatic heterocycles. The van der Waals surface area contributed by atoms with Crippen molar-refractivity contribution in [2.24, 2.45) is 0 Å². The maximum Gasteiger partial charge on any atom is 0.269 e. The molecule has 7 heteroatoms. The van der Waals surface area contributed by atoms with E-state index in [2.05, 4.69) is 37.4 Å². The van der Waals surface area contributed by atoms with Gasteiger partial charge in [-0.2, -0.15) is 5.10 Å². The molecule has 5 rings (SSSR count). The molecule has 1 unspecified atom stereocenters. The number of benzene rings is 3. The smallest absolute Gasteiger partial charge is 0.269 e. The highest BCUT2D eigenvalue weighted by Gasteiger charge is 2.27. The van der Waals surface area contributed by atoms with Gasteiger partial charge in [0, 0.05) is 23.4 Å². The fourth-order valence-corrected chi connectivity index (χ4v) is 4.19. The van der Waals surface area contributed by atoms with Crippen LogP contribution in [0.25, 0.3) is 11.3 Å². The molecule has 0 amide bonds. The van der Waals surface area contributed by atoms with Crippen molar-refractivity contribution in [3.63, 3.8) is 0 Å². The van der Waals surface area contributed by atoms with E-state index in [-0.39, 0.29) is 11.9 Å². The van der Waals surface area contributed by atoms with Gasteiger partial charge < -0.3 is 10.1 Å². The van der Waals surface area contributed by atoms with Crippen LogP contribution < -0.4 is 10.1 Å². The van der Waals surface area contributed by atoms with Gasteiger partial charge in [0.15, 0.2) is 0 Å². The first kappa shape index (κ1) is 19.8. The molecule has 0 bridgehead atoms. The number of hydrogen-bond acceptors (Lipinski definition) is 5. The molecule has 4 aromatic rings. The van der Waals surface area contributed by atoms with Crippen LogP contribution in [0.1, 0.15) is 28.6 Å². The molecule has 2 heterocycles. The molecule has 1 atom stereocenters. The molecule has 0 radical (unpaired) electrons. The lowest BCUT2D eigenvalue weighted by Crippen LogP contribution is -2.26. The lowest BCUT2D eigenvalue weighted by Gasteiger charge is -2.30. The highest BCUT2D eigenvalue weighted by atomic mass is 16.6. The van der Waals surface area contributed by atoms with Crippen LogP contribution in [0.2, 0.25) is 0 Å². The molecule has 1 aliphatic rings. The molecular weight excluding hydrogens is 404 g/mol. The van der Waals surface area contributed by atoms with Gasteiger partial charge in [-0.3, -0.25) is 10.1 Å². The number of fused-ring (bicyclic) bond motifs is 3. The van der Waals surface area contributed by atoms with Crippen LogP contribution in [-0.2, 0) is 0 Å². The van der Waals surface area contributed by atoms with Gasteiger partial charge in [-0.25, -0.2) is 4.68 Å². The zero-order valence-corrected chi connectivity index (χ0v) is 18.0. The standard InChI is InChI=1S/C25H22N4O3/c1-15-12-16(2)24-22(13-15)23-14-17(3)27-28(23)25(26-24)18-4-8-20(9-5-18)32-21-10-6-19(7-11-21)29(30)31/h4-14,25-26H,1-3H3. The Morgan fingerprint density at radius 1 is 0.969 bits per heavy atom. The van der Waals surface area contributed by atoms with E-state index in [4.69, 9.17) is 9.84 Å². The first-order valence-corrected chi connectivity index (χ1v) is 10.4. The van der Waals surface area contributed by atoms with Crippen LogP contribution in [0.3, 0.4) is 0 Å². The van der Waals surface area contributed by atoms with Crippen molar-refractivity contribution in [3.8, 4) is 22.8 Å². The summed E-state index contributed by atoms with van der Waals surface area (Å²) in [7, 11) is 0. The summed E-state index contributed by atoms with van der Waals surface area (Å²) in [6.45, 7) is 6.23. The maximum atomic E-state index is 10.8. The minimum absolute atomic E-state index is 0.0344. The number of aromatic nitrogens is 2. The summed E-state index contributed by atoms with van der Waals surface area (Å²) in [6, 6.07) is 20.3. The first-order valence-electron chi connectivity index (χ1n) is 10.4. The van der Waals surface area contributed by atoms with Crippen molar-refractivity contribution in [2.45, 2.75) is 26.9 Å². The van der Waals surface area contributed by atoms with Gasteiger partial charge in [0.2, 0.25) is 0 Å². The summed E-state index contributed by atoms with van der Waals surface area (Å²) in [6.07, 6.45) is -0.138. The number of nitrogens with zero attached hydrogens (tertiary/aromatic N) is 3. The lowest BCUT2D eigenvalue weighted by atomic mass is 9.98. The molecular formula is C25H22N4O3. The molecule has 3 aromatic carbocycles. The van der Waals surface area contributed by atoms with Crippen molar-refractivity contribution in [3.05, 3.63) is 99.2 Å². The topological polar surface area (TPSA) is 82.2 Å². The summed E-state index contributed by atoms with van der Waals surface area (Å²) in [5.74, 6) is 1.20. The molecule has 32 heavy (non-hydrogen) atoms. The molecule has 0 saturated heterocycles. The van der Waals surface area contributed by atoms with Crippen LogP contribution in [0.4, 0.5) is 11.4 Å². The van der Waals surface area contributed by atoms with Gasteiger partial charge in [0.25, 0.3) is 5.69 Å². The quantitative estimate of drug-likeness (QED) is 0.313. The number of anilines is 1. The Kier molecular flexibility index (Phi) is 4.66. The summed E-state index contributed by atoms with van der Waals surface area (Å²) < 4.78 is 7.88. The predicted molar refractivity (Wildman–Crippen MR) is 123 cm³/mol. The highest BCUT2D eigenvalue weighted by Crippen LogP contribution is 2.41. The number of nitro benzene ring substituents is 1. The Hall–Kier alpha value is -4.13. The van der Waals surface area contributed by atoms with Crippen molar-refractivity contribution in [2.75, 3.05) is 5.32 Å². The number of nitro groups is 1. The van der Waals surface area contributed by atoms with E-state index in [0.717, 1.165) is 28.2 Å². The molecule has 0 saturated carbocycles. The minimum atomic E-state index is -0.428. The fourth-order valence-electron chi connectivity index (χ4n) is 4.19. The van der Waals surface area contributed by atoms with Crippen LogP contribution >= 0.6 is 0 Å². The van der Waals surface area contributed by atoms with E-state index < -0.39 is 4.92 Å². The maximum absolute atomic E-state index is 10.8. The highest BCUT2D eigenvalue weighted by molar-refractivity contribution is 5.82. The molecule has 0 aliphatic carbocycles. The van der Waals surface area contributed by atoms with Crippen molar-refractivity contribution in [1.29, 1.82) is 0 Å². The Bertz CT molecular complexity index is 1320. The molecule has 0 spiro atoms. The SMILES string of the molecule is Cc1cc(C)c2c(c1)-c1cc(C)nn1C(c1ccc(Oc3ccc([N+](=O)[O-])cc3)cc1)N2. The molecule has 160 valence electrons. The summed E-state index contributed by atoms with van der Waals surface area (Å²) >= 11 is 0. The Morgan fingerprint density at radius 3 is 2.28 bits per heavy atom. The number of non-ortho nitro benzene ring substituents is 1. The van der Waals surface area contributed by atoms with Gasteiger partial charge >= 0.3 is 0 Å². The van der Waals surface area contributed by atoms with E-state index in [0.29, 0.717) is 11.5 Å². The third kappa shape index (κ3) is 3.47. The third-order valence-corrected chi connectivity index (χ3v) is 5.62. The average molecular weight is 426 g/mol. The van der Waals surface area contributed by atoms with E-state index in [9.17, 15) is 10.1 Å². The lowest BCUT2D eigenvalue weighted by molar-refractivity contribution is -0.384. The number of hydrogen-bond donors (Lipinski definition) is 1. The average Bonchev–Trinajstić information content (AvgIpc) is 3.16. The summed E-state index contributed by atoms with van der Waals surface area (Å²) in [5.41, 5.74) is 7.86. The van der Waals surface area contributed by atoms with Gasteiger partial charge in [-0.1, -0.05) is 23.8 Å². The predicted octanol–water partition coefficient (Wildman–Crippen LogP) is 6.15. The molecule has 7 nitrogen and oxygen atoms in total. The third-order valence-electron chi connectivity index (χ3n) is 5.62. The van der Waals surface area contributed by atoms with E-state index >= 15 is 0 Å². The number of rotatable bonds is 4. The van der Waals surface area contributed by atoms with Crippen molar-refractivity contribution < 1.29 is 9.66 Å². The molecule has 1 N–H and O–H groups in total. The van der Waals surface area contributed by atoms with Crippen LogP contribution in [0.15, 0.2) is 66.7 Å². The second-order valence-electron chi connectivity index (χ2n) is 8.09. The number of aryl methyl sites for hydroxylation is 3. The van der Waals surface area contributed by atoms with Crippen LogP contribution in [-0.4, -0.2) is 14.7 Å². The molecule has 1 aliphatic heterocycles. The summed E-state index contributed by atoms with van der Waals surface area (Å²) in [5, 5.41) is 19.2. The number of ether oxygens (including phenoxy) is 1. The van der Waals surface area contributed by atoms with E-state index in [1.807, 2.05) is 35.9 Å². The van der Waals surface area contributed by atoms with Gasteiger partial charge in [-0.05, 0) is 68.3 Å². The fraction of sp³-hybridized carbons (Fsp3) is 0.160. The van der Waals surface area contributed by atoms with E-state index in [1.165, 1.54) is 23.3 Å². The van der Waals surface area contributed by atoms with E-state index in [1.54, 1.807) is 12.1 Å². The van der Waals surface area contributed by atoms with Gasteiger partial charge in [0.05, 0.1) is 16.3 Å². The monoisotopic (exact) mass is 426 g/mol. The Labute approximate surface area is 185 Å². The van der Waals surface area contributed by atoms with Crippen LogP contribution in [0, 0.1) is 30.9 Å². The normalized spacial score (nSPS) is 14.3. The van der Waals surface area contributed by atoms with Crippen molar-refractivity contribution >= 4 is 11.4 Å². The van der Waals surface area contributed by atoms with Gasteiger partial charge in [0.1, 0.15) is 17.7 Å². The minimum Gasteiger partial charge on any atom is -0.457 e. The zero-order valence-electron chi connectivity index (χ0n) is 18.0. The molecule has 0 fully saturated rings.